The zero-order valence-corrected chi connectivity index (χ0v) is 12.2. The largest absolute Gasteiger partial charge is 0.378 e. The molecule has 1 atom stereocenters. The number of H-pyrrole nitrogens is 1. The Morgan fingerprint density at radius 1 is 1.58 bits per heavy atom. The summed E-state index contributed by atoms with van der Waals surface area (Å²) in [6.45, 7) is 3.96. The van der Waals surface area contributed by atoms with E-state index >= 15 is 0 Å². The van der Waals surface area contributed by atoms with Crippen LogP contribution in [0.2, 0.25) is 0 Å². The maximum Gasteiger partial charge on any atom is 0.244 e. The minimum atomic E-state index is -3.43. The molecule has 1 aromatic heterocycles. The first-order valence-corrected chi connectivity index (χ1v) is 7.95. The van der Waals surface area contributed by atoms with E-state index in [0.717, 1.165) is 12.1 Å². The van der Waals surface area contributed by atoms with Gasteiger partial charge in [0.25, 0.3) is 0 Å². The minimum absolute atomic E-state index is 0.0681. The van der Waals surface area contributed by atoms with E-state index in [1.807, 2.05) is 14.0 Å². The number of aromatic amines is 1. The summed E-state index contributed by atoms with van der Waals surface area (Å²) in [6, 6.07) is 1.62. The van der Waals surface area contributed by atoms with E-state index in [1.165, 1.54) is 0 Å². The van der Waals surface area contributed by atoms with Crippen LogP contribution in [0.3, 0.4) is 0 Å². The lowest BCUT2D eigenvalue weighted by atomic mass is 10.2. The van der Waals surface area contributed by atoms with Gasteiger partial charge in [-0.2, -0.15) is 4.31 Å². The summed E-state index contributed by atoms with van der Waals surface area (Å²) < 4.78 is 32.1. The summed E-state index contributed by atoms with van der Waals surface area (Å²) in [5.41, 5.74) is 0.863. The molecular formula is C12H21N3O3S. The zero-order chi connectivity index (χ0) is 13.9. The molecule has 108 valence electrons. The highest BCUT2D eigenvalue weighted by Crippen LogP contribution is 2.22. The van der Waals surface area contributed by atoms with Crippen LogP contribution < -0.4 is 5.32 Å². The molecule has 1 saturated heterocycles. The molecule has 19 heavy (non-hydrogen) atoms. The molecule has 2 heterocycles. The molecule has 7 heteroatoms. The lowest BCUT2D eigenvalue weighted by molar-refractivity contribution is 0.0314. The first-order chi connectivity index (χ1) is 9.09. The topological polar surface area (TPSA) is 74.4 Å². The van der Waals surface area contributed by atoms with Crippen LogP contribution in [0.1, 0.15) is 19.0 Å². The number of aromatic nitrogens is 1. The predicted octanol–water partition coefficient (Wildman–Crippen LogP) is 0.534. The van der Waals surface area contributed by atoms with E-state index in [0.29, 0.717) is 31.2 Å². The lowest BCUT2D eigenvalue weighted by Gasteiger charge is -2.33. The van der Waals surface area contributed by atoms with Crippen molar-refractivity contribution in [1.29, 1.82) is 0 Å². The molecule has 0 bridgehead atoms. The Morgan fingerprint density at radius 2 is 2.37 bits per heavy atom. The maximum atomic E-state index is 12.6. The Hall–Kier alpha value is -0.890. The lowest BCUT2D eigenvalue weighted by Crippen LogP contribution is -2.48. The number of sulfonamides is 1. The second kappa shape index (κ2) is 6.04. The van der Waals surface area contributed by atoms with Crippen molar-refractivity contribution < 1.29 is 13.2 Å². The Balaban J connectivity index is 2.24. The van der Waals surface area contributed by atoms with Crippen molar-refractivity contribution in [3.63, 3.8) is 0 Å². The monoisotopic (exact) mass is 287 g/mol. The molecular weight excluding hydrogens is 266 g/mol. The number of morpholine rings is 1. The van der Waals surface area contributed by atoms with Crippen LogP contribution in [0.5, 0.6) is 0 Å². The highest BCUT2D eigenvalue weighted by atomic mass is 32.2. The van der Waals surface area contributed by atoms with Gasteiger partial charge in [-0.15, -0.1) is 0 Å². The fraction of sp³-hybridized carbons (Fsp3) is 0.667. The summed E-state index contributed by atoms with van der Waals surface area (Å²) in [4.78, 5) is 3.32. The molecule has 0 radical (unpaired) electrons. The standard InChI is InChI=1S/C12H21N3O3S/c1-3-11-9-18-5-4-15(11)19(16,17)12-6-10(7-13-2)14-8-12/h6,8,11,13-14H,3-5,7,9H2,1-2H3. The van der Waals surface area contributed by atoms with E-state index in [1.54, 1.807) is 16.6 Å². The molecule has 0 saturated carbocycles. The number of ether oxygens (including phenoxy) is 1. The molecule has 2 rings (SSSR count). The minimum Gasteiger partial charge on any atom is -0.378 e. The summed E-state index contributed by atoms with van der Waals surface area (Å²) in [7, 11) is -1.60. The Kier molecular flexibility index (Phi) is 4.62. The predicted molar refractivity (Wildman–Crippen MR) is 72.3 cm³/mol. The van der Waals surface area contributed by atoms with Crippen LogP contribution in [0.4, 0.5) is 0 Å². The molecule has 0 amide bonds. The van der Waals surface area contributed by atoms with Crippen molar-refractivity contribution in [2.75, 3.05) is 26.8 Å². The Morgan fingerprint density at radius 3 is 3.05 bits per heavy atom. The fourth-order valence-corrected chi connectivity index (χ4v) is 3.96. The number of nitrogens with zero attached hydrogens (tertiary/aromatic N) is 1. The van der Waals surface area contributed by atoms with Gasteiger partial charge in [0.1, 0.15) is 0 Å². The summed E-state index contributed by atoms with van der Waals surface area (Å²) in [5.74, 6) is 0. The number of nitrogens with one attached hydrogen (secondary N) is 2. The average Bonchev–Trinajstić information content (AvgIpc) is 2.88. The van der Waals surface area contributed by atoms with Crippen LogP contribution in [0, 0.1) is 0 Å². The Bertz CT molecular complexity index is 512. The molecule has 0 aliphatic carbocycles. The highest BCUT2D eigenvalue weighted by molar-refractivity contribution is 7.89. The molecule has 2 N–H and O–H groups in total. The van der Waals surface area contributed by atoms with Crippen molar-refractivity contribution in [2.24, 2.45) is 0 Å². The average molecular weight is 287 g/mol. The number of rotatable bonds is 5. The molecule has 6 nitrogen and oxygen atoms in total. The quantitative estimate of drug-likeness (QED) is 0.828. The summed E-state index contributed by atoms with van der Waals surface area (Å²) in [6.07, 6.45) is 2.32. The fourth-order valence-electron chi connectivity index (χ4n) is 2.27. The maximum absolute atomic E-state index is 12.6. The van der Waals surface area contributed by atoms with Crippen molar-refractivity contribution in [3.8, 4) is 0 Å². The molecule has 1 unspecified atom stereocenters. The first kappa shape index (κ1) is 14.5. The second-order valence-electron chi connectivity index (χ2n) is 4.64. The zero-order valence-electron chi connectivity index (χ0n) is 11.3. The van der Waals surface area contributed by atoms with Crippen molar-refractivity contribution in [3.05, 3.63) is 18.0 Å². The third-order valence-electron chi connectivity index (χ3n) is 3.33. The van der Waals surface area contributed by atoms with Gasteiger partial charge in [-0.1, -0.05) is 6.92 Å². The van der Waals surface area contributed by atoms with E-state index in [-0.39, 0.29) is 6.04 Å². The van der Waals surface area contributed by atoms with Gasteiger partial charge in [-0.25, -0.2) is 8.42 Å². The molecule has 0 spiro atoms. The van der Waals surface area contributed by atoms with Crippen LogP contribution in [-0.2, 0) is 21.3 Å². The smallest absolute Gasteiger partial charge is 0.244 e. The number of hydrogen-bond acceptors (Lipinski definition) is 4. The van der Waals surface area contributed by atoms with Gasteiger partial charge in [0, 0.05) is 31.0 Å². The van der Waals surface area contributed by atoms with Crippen LogP contribution in [-0.4, -0.2) is 50.6 Å². The van der Waals surface area contributed by atoms with Gasteiger partial charge in [-0.3, -0.25) is 0 Å². The van der Waals surface area contributed by atoms with Crippen LogP contribution in [0.15, 0.2) is 17.2 Å². The van der Waals surface area contributed by atoms with Gasteiger partial charge in [0.15, 0.2) is 0 Å². The van der Waals surface area contributed by atoms with Gasteiger partial charge >= 0.3 is 0 Å². The second-order valence-corrected chi connectivity index (χ2v) is 6.53. The third-order valence-corrected chi connectivity index (χ3v) is 5.26. The molecule has 0 aromatic carbocycles. The van der Waals surface area contributed by atoms with Crippen molar-refractivity contribution in [1.82, 2.24) is 14.6 Å². The number of hydrogen-bond donors (Lipinski definition) is 2. The van der Waals surface area contributed by atoms with E-state index in [2.05, 4.69) is 10.3 Å². The van der Waals surface area contributed by atoms with E-state index in [4.69, 9.17) is 4.74 Å². The first-order valence-electron chi connectivity index (χ1n) is 6.51. The van der Waals surface area contributed by atoms with Crippen LogP contribution >= 0.6 is 0 Å². The van der Waals surface area contributed by atoms with Gasteiger partial charge < -0.3 is 15.0 Å². The molecule has 1 aromatic rings. The third kappa shape index (κ3) is 3.00. The molecule has 1 aliphatic heterocycles. The van der Waals surface area contributed by atoms with Crippen LogP contribution in [0.25, 0.3) is 0 Å². The van der Waals surface area contributed by atoms with Crippen molar-refractivity contribution in [2.45, 2.75) is 30.8 Å². The normalized spacial score (nSPS) is 21.7. The summed E-state index contributed by atoms with van der Waals surface area (Å²) >= 11 is 0. The highest BCUT2D eigenvalue weighted by Gasteiger charge is 2.33. The SMILES string of the molecule is CCC1COCCN1S(=O)(=O)c1c[nH]c(CNC)c1. The molecule has 1 fully saturated rings. The van der Waals surface area contributed by atoms with E-state index in [9.17, 15) is 8.42 Å². The molecule has 1 aliphatic rings. The summed E-state index contributed by atoms with van der Waals surface area (Å²) in [5, 5.41) is 2.99. The van der Waals surface area contributed by atoms with Crippen molar-refractivity contribution >= 4 is 10.0 Å². The van der Waals surface area contributed by atoms with Gasteiger partial charge in [-0.05, 0) is 19.5 Å². The van der Waals surface area contributed by atoms with E-state index < -0.39 is 10.0 Å². The van der Waals surface area contributed by atoms with Gasteiger partial charge in [0.2, 0.25) is 10.0 Å². The van der Waals surface area contributed by atoms with Gasteiger partial charge in [0.05, 0.1) is 18.1 Å². The Labute approximate surface area is 114 Å².